The average molecular weight is 410 g/mol. The quantitative estimate of drug-likeness (QED) is 0.276. The van der Waals surface area contributed by atoms with Crippen LogP contribution in [-0.2, 0) is 12.4 Å². The Kier molecular flexibility index (Phi) is 5.37. The number of benzene rings is 3. The Balaban J connectivity index is 2.04. The van der Waals surface area contributed by atoms with Crippen LogP contribution in [0.2, 0.25) is 0 Å². The van der Waals surface area contributed by atoms with Crippen molar-refractivity contribution in [2.24, 2.45) is 0 Å². The van der Waals surface area contributed by atoms with Crippen molar-refractivity contribution < 1.29 is 35.9 Å². The molecule has 0 N–H and O–H groups in total. The van der Waals surface area contributed by atoms with Crippen LogP contribution in [0, 0.1) is 0 Å². The first-order valence-corrected chi connectivity index (χ1v) is 8.22. The second kappa shape index (κ2) is 7.62. The summed E-state index contributed by atoms with van der Waals surface area (Å²) in [6, 6.07) is 15.3. The van der Waals surface area contributed by atoms with E-state index in [-0.39, 0.29) is 23.9 Å². The predicted molar refractivity (Wildman–Crippen MR) is 93.3 cm³/mol. The topological polar surface area (TPSA) is 26.3 Å². The van der Waals surface area contributed by atoms with Gasteiger partial charge in [0.15, 0.2) is 0 Å². The van der Waals surface area contributed by atoms with Crippen molar-refractivity contribution >= 4 is 5.97 Å². The van der Waals surface area contributed by atoms with Gasteiger partial charge in [0.2, 0.25) is 0 Å². The van der Waals surface area contributed by atoms with E-state index < -0.39 is 35.0 Å². The predicted octanol–water partition coefficient (Wildman–Crippen LogP) is 6.61. The average Bonchev–Trinajstić information content (AvgIpc) is 2.67. The molecule has 0 heterocycles. The molecule has 0 saturated carbocycles. The Labute approximate surface area is 161 Å². The summed E-state index contributed by atoms with van der Waals surface area (Å²) in [5, 5.41) is 0. The number of halogens is 6. The molecule has 0 spiro atoms. The Morgan fingerprint density at radius 3 is 1.97 bits per heavy atom. The van der Waals surface area contributed by atoms with Crippen LogP contribution >= 0.6 is 0 Å². The first-order chi connectivity index (χ1) is 13.6. The monoisotopic (exact) mass is 410 g/mol. The van der Waals surface area contributed by atoms with E-state index in [1.165, 1.54) is 12.1 Å². The fourth-order valence-electron chi connectivity index (χ4n) is 2.70. The van der Waals surface area contributed by atoms with E-state index in [0.717, 1.165) is 0 Å². The Hall–Kier alpha value is -3.29. The van der Waals surface area contributed by atoms with Gasteiger partial charge in [-0.3, -0.25) is 0 Å². The third-order valence-corrected chi connectivity index (χ3v) is 4.05. The molecule has 0 saturated heterocycles. The molecule has 0 aliphatic carbocycles. The number of para-hydroxylation sites is 1. The molecule has 3 aromatic rings. The molecule has 0 aromatic heterocycles. The van der Waals surface area contributed by atoms with Crippen LogP contribution in [0.4, 0.5) is 26.3 Å². The molecule has 0 amide bonds. The first kappa shape index (κ1) is 20.4. The van der Waals surface area contributed by atoms with E-state index in [4.69, 9.17) is 4.74 Å². The van der Waals surface area contributed by atoms with E-state index >= 15 is 0 Å². The summed E-state index contributed by atoms with van der Waals surface area (Å²) in [4.78, 5) is 12.5. The highest BCUT2D eigenvalue weighted by molar-refractivity contribution is 5.94. The second-order valence-electron chi connectivity index (χ2n) is 6.01. The van der Waals surface area contributed by atoms with Gasteiger partial charge in [0.25, 0.3) is 0 Å². The van der Waals surface area contributed by atoms with Crippen LogP contribution in [0.1, 0.15) is 21.5 Å². The molecule has 0 fully saturated rings. The van der Waals surface area contributed by atoms with Crippen molar-refractivity contribution in [3.63, 3.8) is 0 Å². The maximum atomic E-state index is 13.2. The van der Waals surface area contributed by atoms with Gasteiger partial charge in [-0.2, -0.15) is 26.3 Å². The lowest BCUT2D eigenvalue weighted by atomic mass is 10.0. The van der Waals surface area contributed by atoms with Crippen LogP contribution in [0.25, 0.3) is 11.1 Å². The highest BCUT2D eigenvalue weighted by Crippen LogP contribution is 2.37. The van der Waals surface area contributed by atoms with Crippen LogP contribution < -0.4 is 4.74 Å². The van der Waals surface area contributed by atoms with Gasteiger partial charge in [0.05, 0.1) is 16.7 Å². The first-order valence-electron chi connectivity index (χ1n) is 8.22. The Morgan fingerprint density at radius 2 is 1.34 bits per heavy atom. The Bertz CT molecular complexity index is 1020. The minimum Gasteiger partial charge on any atom is -0.422 e. The Morgan fingerprint density at radius 1 is 0.724 bits per heavy atom. The molecule has 150 valence electrons. The van der Waals surface area contributed by atoms with E-state index in [2.05, 4.69) is 0 Å². The van der Waals surface area contributed by atoms with Gasteiger partial charge >= 0.3 is 18.3 Å². The maximum Gasteiger partial charge on any atom is 0.417 e. The third kappa shape index (κ3) is 4.59. The number of esters is 1. The molecular formula is C21H12F6O2. The van der Waals surface area contributed by atoms with Crippen LogP contribution in [0.3, 0.4) is 0 Å². The summed E-state index contributed by atoms with van der Waals surface area (Å²) >= 11 is 0. The summed E-state index contributed by atoms with van der Waals surface area (Å²) in [7, 11) is 0. The molecule has 0 unspecified atom stereocenters. The maximum absolute atomic E-state index is 13.2. The summed E-state index contributed by atoms with van der Waals surface area (Å²) in [6.07, 6.45) is -9.95. The summed E-state index contributed by atoms with van der Waals surface area (Å²) in [6.45, 7) is 0. The molecule has 3 aromatic carbocycles. The molecule has 0 aliphatic heterocycles. The molecule has 2 nitrogen and oxygen atoms in total. The van der Waals surface area contributed by atoms with Gasteiger partial charge in [0, 0.05) is 5.56 Å². The van der Waals surface area contributed by atoms with Gasteiger partial charge in [-0.15, -0.1) is 0 Å². The smallest absolute Gasteiger partial charge is 0.417 e. The van der Waals surface area contributed by atoms with Crippen molar-refractivity contribution in [2.75, 3.05) is 0 Å². The molecule has 8 heteroatoms. The van der Waals surface area contributed by atoms with E-state index in [9.17, 15) is 31.1 Å². The van der Waals surface area contributed by atoms with Crippen LogP contribution in [0.5, 0.6) is 5.75 Å². The highest BCUT2D eigenvalue weighted by Gasteiger charge is 2.39. The number of alkyl halides is 6. The van der Waals surface area contributed by atoms with Crippen molar-refractivity contribution in [2.45, 2.75) is 12.4 Å². The normalized spacial score (nSPS) is 11.9. The van der Waals surface area contributed by atoms with Crippen LogP contribution in [-0.4, -0.2) is 5.97 Å². The lowest BCUT2D eigenvalue weighted by Gasteiger charge is -2.16. The molecule has 3 rings (SSSR count). The second-order valence-corrected chi connectivity index (χ2v) is 6.01. The van der Waals surface area contributed by atoms with Gasteiger partial charge < -0.3 is 4.74 Å². The largest absolute Gasteiger partial charge is 0.422 e. The number of carbonyl (C=O) groups excluding carboxylic acids is 1. The molecule has 0 radical (unpaired) electrons. The van der Waals surface area contributed by atoms with E-state index in [1.54, 1.807) is 42.5 Å². The summed E-state index contributed by atoms with van der Waals surface area (Å²) in [5.41, 5.74) is -3.07. The van der Waals surface area contributed by atoms with Crippen molar-refractivity contribution in [3.05, 3.63) is 89.5 Å². The number of hydrogen-bond donors (Lipinski definition) is 0. The van der Waals surface area contributed by atoms with Crippen LogP contribution in [0.15, 0.2) is 72.8 Å². The number of rotatable bonds is 3. The zero-order valence-electron chi connectivity index (χ0n) is 14.5. The molecule has 0 bridgehead atoms. The zero-order chi connectivity index (χ0) is 21.2. The zero-order valence-corrected chi connectivity index (χ0v) is 14.5. The van der Waals surface area contributed by atoms with Gasteiger partial charge in [-0.1, -0.05) is 48.5 Å². The minimum atomic E-state index is -5.03. The fourth-order valence-corrected chi connectivity index (χ4v) is 2.70. The lowest BCUT2D eigenvalue weighted by molar-refractivity contribution is -0.141. The third-order valence-electron chi connectivity index (χ3n) is 4.05. The minimum absolute atomic E-state index is 0.0748. The molecule has 29 heavy (non-hydrogen) atoms. The van der Waals surface area contributed by atoms with Crippen molar-refractivity contribution in [3.8, 4) is 16.9 Å². The number of hydrogen-bond acceptors (Lipinski definition) is 2. The lowest BCUT2D eigenvalue weighted by Crippen LogP contribution is -2.19. The SMILES string of the molecule is O=C(Oc1ccccc1-c1ccccc1)c1cc(C(F)(F)F)ccc1C(F)(F)F. The van der Waals surface area contributed by atoms with E-state index in [1.807, 2.05) is 0 Å². The summed E-state index contributed by atoms with van der Waals surface area (Å²) in [5.74, 6) is -1.61. The fraction of sp³-hybridized carbons (Fsp3) is 0.0952. The molecule has 0 atom stereocenters. The van der Waals surface area contributed by atoms with Crippen molar-refractivity contribution in [1.82, 2.24) is 0 Å². The molecule has 0 aliphatic rings. The van der Waals surface area contributed by atoms with Gasteiger partial charge in [-0.25, -0.2) is 4.79 Å². The molecular weight excluding hydrogens is 398 g/mol. The number of carbonyl (C=O) groups is 1. The van der Waals surface area contributed by atoms with Gasteiger partial charge in [0.1, 0.15) is 5.75 Å². The van der Waals surface area contributed by atoms with Crippen molar-refractivity contribution in [1.29, 1.82) is 0 Å². The van der Waals surface area contributed by atoms with Gasteiger partial charge in [-0.05, 0) is 29.8 Å². The van der Waals surface area contributed by atoms with E-state index in [0.29, 0.717) is 11.1 Å². The number of ether oxygens (including phenoxy) is 1. The summed E-state index contributed by atoms with van der Waals surface area (Å²) < 4.78 is 83.6. The highest BCUT2D eigenvalue weighted by atomic mass is 19.4. The standard InChI is InChI=1S/C21H12F6O2/c22-20(23,24)14-10-11-17(21(25,26)27)16(12-14)19(28)29-18-9-5-4-8-15(18)13-6-2-1-3-7-13/h1-12H.